The van der Waals surface area contributed by atoms with Crippen LogP contribution < -0.4 is 19.7 Å². The molecule has 3 rings (SSSR count). The number of nitriles is 1. The van der Waals surface area contributed by atoms with Crippen molar-refractivity contribution >= 4 is 28.8 Å². The predicted octanol–water partition coefficient (Wildman–Crippen LogP) is 2.49. The van der Waals surface area contributed by atoms with Gasteiger partial charge in [0.2, 0.25) is 0 Å². The Morgan fingerprint density at radius 2 is 1.93 bits per heavy atom. The van der Waals surface area contributed by atoms with Gasteiger partial charge >= 0.3 is 0 Å². The third-order valence-electron chi connectivity index (χ3n) is 4.42. The second-order valence-corrected chi connectivity index (χ2v) is 6.37. The molecule has 0 bridgehead atoms. The lowest BCUT2D eigenvalue weighted by molar-refractivity contribution is 0.388. The second-order valence-electron chi connectivity index (χ2n) is 5.99. The molecule has 0 saturated carbocycles. The maximum absolute atomic E-state index is 8.88. The van der Waals surface area contributed by atoms with Gasteiger partial charge in [-0.25, -0.2) is 4.98 Å². The normalized spacial score (nSPS) is 13.7. The van der Waals surface area contributed by atoms with Crippen LogP contribution in [0, 0.1) is 11.3 Å². The van der Waals surface area contributed by atoms with Crippen LogP contribution >= 0.6 is 12.2 Å². The zero-order valence-corrected chi connectivity index (χ0v) is 16.1. The molecule has 7 nitrogen and oxygen atoms in total. The monoisotopic (exact) mass is 383 g/mol. The lowest BCUT2D eigenvalue weighted by atomic mass is 10.2. The minimum absolute atomic E-state index is 0.565. The smallest absolute Gasteiger partial charge is 0.173 e. The first-order valence-corrected chi connectivity index (χ1v) is 8.94. The number of rotatable bonds is 4. The SMILES string of the molecule is COc1ccc(OC)c(NC(=S)N2CCN(c3ccc(C#N)cn3)CC2)c1. The number of thiocarbonyl (C=S) groups is 1. The summed E-state index contributed by atoms with van der Waals surface area (Å²) in [6.45, 7) is 3.16. The Bertz CT molecular complexity index is 842. The third kappa shape index (κ3) is 4.38. The molecule has 1 N–H and O–H groups in total. The van der Waals surface area contributed by atoms with Gasteiger partial charge in [0.15, 0.2) is 5.11 Å². The molecule has 2 heterocycles. The Kier molecular flexibility index (Phi) is 5.94. The van der Waals surface area contributed by atoms with Gasteiger partial charge in [0.05, 0.1) is 25.5 Å². The molecule has 0 unspecified atom stereocenters. The van der Waals surface area contributed by atoms with Crippen LogP contribution in [-0.2, 0) is 0 Å². The van der Waals surface area contributed by atoms with Crippen LogP contribution in [0.4, 0.5) is 11.5 Å². The Morgan fingerprint density at radius 1 is 1.15 bits per heavy atom. The van der Waals surface area contributed by atoms with Gasteiger partial charge in [-0.15, -0.1) is 0 Å². The highest BCUT2D eigenvalue weighted by molar-refractivity contribution is 7.80. The molecular weight excluding hydrogens is 362 g/mol. The van der Waals surface area contributed by atoms with E-state index in [-0.39, 0.29) is 0 Å². The highest BCUT2D eigenvalue weighted by Crippen LogP contribution is 2.29. The van der Waals surface area contributed by atoms with E-state index in [1.54, 1.807) is 26.5 Å². The Hall–Kier alpha value is -3.05. The molecule has 0 amide bonds. The highest BCUT2D eigenvalue weighted by Gasteiger charge is 2.20. The van der Waals surface area contributed by atoms with Gasteiger partial charge in [0, 0.05) is 38.4 Å². The molecule has 1 saturated heterocycles. The number of hydrogen-bond donors (Lipinski definition) is 1. The van der Waals surface area contributed by atoms with Crippen LogP contribution in [0.15, 0.2) is 36.5 Å². The maximum Gasteiger partial charge on any atom is 0.173 e. The highest BCUT2D eigenvalue weighted by atomic mass is 32.1. The molecule has 1 fully saturated rings. The fourth-order valence-corrected chi connectivity index (χ4v) is 3.18. The van der Waals surface area contributed by atoms with Crippen LogP contribution in [0.1, 0.15) is 5.56 Å². The first-order valence-electron chi connectivity index (χ1n) is 8.53. The Balaban J connectivity index is 1.61. The van der Waals surface area contributed by atoms with Gasteiger partial charge in [-0.2, -0.15) is 5.26 Å². The van der Waals surface area contributed by atoms with Crippen LogP contribution in [0.5, 0.6) is 11.5 Å². The van der Waals surface area contributed by atoms with Crippen LogP contribution in [-0.4, -0.2) is 55.4 Å². The zero-order chi connectivity index (χ0) is 19.2. The summed E-state index contributed by atoms with van der Waals surface area (Å²) in [6, 6.07) is 11.3. The quantitative estimate of drug-likeness (QED) is 0.808. The minimum Gasteiger partial charge on any atom is -0.497 e. The summed E-state index contributed by atoms with van der Waals surface area (Å²) in [7, 11) is 3.25. The van der Waals surface area contributed by atoms with Crippen LogP contribution in [0.3, 0.4) is 0 Å². The van der Waals surface area contributed by atoms with Gasteiger partial charge in [-0.3, -0.25) is 0 Å². The summed E-state index contributed by atoms with van der Waals surface area (Å²) in [6.07, 6.45) is 1.60. The van der Waals surface area contributed by atoms with Crippen molar-refractivity contribution in [2.75, 3.05) is 50.6 Å². The minimum atomic E-state index is 0.565. The molecule has 27 heavy (non-hydrogen) atoms. The molecule has 0 atom stereocenters. The predicted molar refractivity (Wildman–Crippen MR) is 109 cm³/mol. The number of aromatic nitrogens is 1. The van der Waals surface area contributed by atoms with Gasteiger partial charge in [0.1, 0.15) is 23.4 Å². The van der Waals surface area contributed by atoms with Crippen molar-refractivity contribution < 1.29 is 9.47 Å². The van der Waals surface area contributed by atoms with Crippen molar-refractivity contribution in [1.82, 2.24) is 9.88 Å². The van der Waals surface area contributed by atoms with Crippen molar-refractivity contribution in [2.45, 2.75) is 0 Å². The van der Waals surface area contributed by atoms with Crippen molar-refractivity contribution in [1.29, 1.82) is 5.26 Å². The van der Waals surface area contributed by atoms with E-state index in [0.29, 0.717) is 16.4 Å². The van der Waals surface area contributed by atoms with Gasteiger partial charge < -0.3 is 24.6 Å². The zero-order valence-electron chi connectivity index (χ0n) is 15.3. The van der Waals surface area contributed by atoms with Gasteiger partial charge in [-0.05, 0) is 36.5 Å². The van der Waals surface area contributed by atoms with E-state index in [1.807, 2.05) is 24.3 Å². The Labute approximate surface area is 164 Å². The van der Waals surface area contributed by atoms with E-state index < -0.39 is 0 Å². The van der Waals surface area contributed by atoms with Gasteiger partial charge in [-0.1, -0.05) is 0 Å². The first kappa shape index (κ1) is 18.7. The van der Waals surface area contributed by atoms with E-state index >= 15 is 0 Å². The fraction of sp³-hybridized carbons (Fsp3) is 0.316. The molecule has 0 radical (unpaired) electrons. The lowest BCUT2D eigenvalue weighted by Crippen LogP contribution is -2.50. The number of methoxy groups -OCH3 is 2. The molecule has 0 aliphatic carbocycles. The number of nitrogens with zero attached hydrogens (tertiary/aromatic N) is 4. The van der Waals surface area contributed by atoms with Crippen LogP contribution in [0.25, 0.3) is 0 Å². The number of anilines is 2. The molecule has 1 aliphatic rings. The van der Waals surface area contributed by atoms with Crippen molar-refractivity contribution in [3.63, 3.8) is 0 Å². The molecule has 1 aliphatic heterocycles. The van der Waals surface area contributed by atoms with E-state index in [4.69, 9.17) is 27.0 Å². The molecule has 1 aromatic heterocycles. The molecule has 0 spiro atoms. The van der Waals surface area contributed by atoms with E-state index in [2.05, 4.69) is 26.2 Å². The standard InChI is InChI=1S/C19H21N5O2S/c1-25-15-4-5-17(26-2)16(11-15)22-19(27)24-9-7-23(8-10-24)18-6-3-14(12-20)13-21-18/h3-6,11,13H,7-10H2,1-2H3,(H,22,27). The number of ether oxygens (including phenoxy) is 2. The number of hydrogen-bond acceptors (Lipinski definition) is 6. The molecule has 140 valence electrons. The fourth-order valence-electron chi connectivity index (χ4n) is 2.88. The Morgan fingerprint density at radius 3 is 2.52 bits per heavy atom. The second kappa shape index (κ2) is 8.56. The summed E-state index contributed by atoms with van der Waals surface area (Å²) in [5.41, 5.74) is 1.34. The first-order chi connectivity index (χ1) is 13.1. The van der Waals surface area contributed by atoms with E-state index in [9.17, 15) is 0 Å². The average Bonchev–Trinajstić information content (AvgIpc) is 2.73. The number of nitrogens with one attached hydrogen (secondary N) is 1. The summed E-state index contributed by atoms with van der Waals surface area (Å²) in [4.78, 5) is 8.66. The summed E-state index contributed by atoms with van der Waals surface area (Å²) >= 11 is 5.58. The largest absolute Gasteiger partial charge is 0.497 e. The van der Waals surface area contributed by atoms with Crippen molar-refractivity contribution in [3.8, 4) is 17.6 Å². The molecular formula is C19H21N5O2S. The van der Waals surface area contributed by atoms with Crippen molar-refractivity contribution in [2.24, 2.45) is 0 Å². The lowest BCUT2D eigenvalue weighted by Gasteiger charge is -2.36. The van der Waals surface area contributed by atoms with Crippen LogP contribution in [0.2, 0.25) is 0 Å². The molecule has 1 aromatic carbocycles. The number of piperazine rings is 1. The summed E-state index contributed by atoms with van der Waals surface area (Å²) < 4.78 is 10.7. The summed E-state index contributed by atoms with van der Waals surface area (Å²) in [5.74, 6) is 2.32. The third-order valence-corrected chi connectivity index (χ3v) is 4.78. The molecule has 2 aromatic rings. The number of benzene rings is 1. The summed E-state index contributed by atoms with van der Waals surface area (Å²) in [5, 5.41) is 12.8. The van der Waals surface area contributed by atoms with E-state index in [0.717, 1.165) is 43.4 Å². The average molecular weight is 383 g/mol. The molecule has 8 heteroatoms. The maximum atomic E-state index is 8.88. The van der Waals surface area contributed by atoms with Crippen molar-refractivity contribution in [3.05, 3.63) is 42.1 Å². The topological polar surface area (TPSA) is 73.7 Å². The van der Waals surface area contributed by atoms with E-state index in [1.165, 1.54) is 0 Å². The number of pyridine rings is 1. The van der Waals surface area contributed by atoms with Gasteiger partial charge in [0.25, 0.3) is 0 Å².